The molecule has 0 spiro atoms. The topological polar surface area (TPSA) is 62.2 Å². The number of hydrogen-bond donors (Lipinski definition) is 2. The van der Waals surface area contributed by atoms with Crippen LogP contribution in [-0.4, -0.2) is 16.1 Å². The van der Waals surface area contributed by atoms with Crippen LogP contribution in [0.4, 0.5) is 11.4 Å². The maximum Gasteiger partial charge on any atom is 0.354 e. The lowest BCUT2D eigenvalue weighted by Gasteiger charge is -2.14. The molecule has 2 aromatic rings. The summed E-state index contributed by atoms with van der Waals surface area (Å²) in [6, 6.07) is 9.41. The van der Waals surface area contributed by atoms with Crippen LogP contribution in [0.5, 0.6) is 0 Å². The molecule has 0 saturated heterocycles. The number of hydrogen-bond acceptors (Lipinski definition) is 3. The molecule has 0 fully saturated rings. The maximum absolute atomic E-state index is 10.9. The zero-order valence-electron chi connectivity index (χ0n) is 11.0. The molecule has 0 aliphatic heterocycles. The van der Waals surface area contributed by atoms with Crippen LogP contribution < -0.4 is 5.32 Å². The molecule has 98 valence electrons. The fraction of sp³-hybridized carbons (Fsp3) is 0.200. The molecule has 0 amide bonds. The highest BCUT2D eigenvalue weighted by atomic mass is 16.4. The Kier molecular flexibility index (Phi) is 3.80. The number of benzene rings is 1. The minimum Gasteiger partial charge on any atom is -0.477 e. The Morgan fingerprint density at radius 2 is 2.16 bits per heavy atom. The van der Waals surface area contributed by atoms with Crippen LogP contribution in [0.3, 0.4) is 0 Å². The SMILES string of the molecule is CCc1cccc(C)c1Nc1ccnc(C(=O)O)c1. The molecular formula is C15H16N2O2. The van der Waals surface area contributed by atoms with Gasteiger partial charge in [-0.2, -0.15) is 0 Å². The Morgan fingerprint density at radius 1 is 1.37 bits per heavy atom. The van der Waals surface area contributed by atoms with Crippen molar-refractivity contribution in [2.75, 3.05) is 5.32 Å². The highest BCUT2D eigenvalue weighted by molar-refractivity contribution is 5.86. The second kappa shape index (κ2) is 5.52. The van der Waals surface area contributed by atoms with Crippen molar-refractivity contribution in [1.82, 2.24) is 4.98 Å². The van der Waals surface area contributed by atoms with Crippen molar-refractivity contribution in [3.63, 3.8) is 0 Å². The average molecular weight is 256 g/mol. The van der Waals surface area contributed by atoms with Gasteiger partial charge in [-0.15, -0.1) is 0 Å². The summed E-state index contributed by atoms with van der Waals surface area (Å²) < 4.78 is 0. The molecule has 0 aliphatic carbocycles. The van der Waals surface area contributed by atoms with Crippen molar-refractivity contribution in [2.45, 2.75) is 20.3 Å². The molecule has 0 radical (unpaired) electrons. The van der Waals surface area contributed by atoms with Crippen molar-refractivity contribution in [3.8, 4) is 0 Å². The van der Waals surface area contributed by atoms with Gasteiger partial charge < -0.3 is 10.4 Å². The van der Waals surface area contributed by atoms with E-state index in [-0.39, 0.29) is 5.69 Å². The van der Waals surface area contributed by atoms with Crippen LogP contribution in [0.1, 0.15) is 28.5 Å². The number of nitrogens with zero attached hydrogens (tertiary/aromatic N) is 1. The average Bonchev–Trinajstić information content (AvgIpc) is 2.41. The Bertz CT molecular complexity index is 609. The minimum absolute atomic E-state index is 0.0385. The number of aromatic carboxylic acids is 1. The lowest BCUT2D eigenvalue weighted by atomic mass is 10.1. The third-order valence-corrected chi connectivity index (χ3v) is 2.99. The molecular weight excluding hydrogens is 240 g/mol. The third-order valence-electron chi connectivity index (χ3n) is 2.99. The number of carbonyl (C=O) groups is 1. The molecule has 1 heterocycles. The largest absolute Gasteiger partial charge is 0.477 e. The number of carboxylic acids is 1. The highest BCUT2D eigenvalue weighted by Gasteiger charge is 2.08. The van der Waals surface area contributed by atoms with Gasteiger partial charge in [-0.3, -0.25) is 0 Å². The molecule has 0 aliphatic rings. The predicted molar refractivity (Wildman–Crippen MR) is 75.0 cm³/mol. The molecule has 2 N–H and O–H groups in total. The first-order valence-electron chi connectivity index (χ1n) is 6.16. The van der Waals surface area contributed by atoms with E-state index in [2.05, 4.69) is 23.3 Å². The summed E-state index contributed by atoms with van der Waals surface area (Å²) >= 11 is 0. The zero-order valence-corrected chi connectivity index (χ0v) is 11.0. The van der Waals surface area contributed by atoms with Crippen LogP contribution in [0.2, 0.25) is 0 Å². The second-order valence-electron chi connectivity index (χ2n) is 4.32. The minimum atomic E-state index is -1.02. The van der Waals surface area contributed by atoms with Crippen LogP contribution in [-0.2, 0) is 6.42 Å². The normalized spacial score (nSPS) is 10.2. The van der Waals surface area contributed by atoms with E-state index in [9.17, 15) is 4.79 Å². The molecule has 0 saturated carbocycles. The van der Waals surface area contributed by atoms with E-state index in [0.717, 1.165) is 23.4 Å². The van der Waals surface area contributed by atoms with Gasteiger partial charge in [-0.25, -0.2) is 9.78 Å². The van der Waals surface area contributed by atoms with Crippen LogP contribution in [0, 0.1) is 6.92 Å². The quantitative estimate of drug-likeness (QED) is 0.880. The predicted octanol–water partition coefficient (Wildman–Crippen LogP) is 3.39. The number of aryl methyl sites for hydroxylation is 2. The van der Waals surface area contributed by atoms with Gasteiger partial charge in [0, 0.05) is 17.6 Å². The number of anilines is 2. The van der Waals surface area contributed by atoms with Gasteiger partial charge in [0.2, 0.25) is 0 Å². The molecule has 0 bridgehead atoms. The number of para-hydroxylation sites is 1. The van der Waals surface area contributed by atoms with Crippen molar-refractivity contribution in [1.29, 1.82) is 0 Å². The van der Waals surface area contributed by atoms with Crippen molar-refractivity contribution >= 4 is 17.3 Å². The number of aromatic nitrogens is 1. The summed E-state index contributed by atoms with van der Waals surface area (Å²) in [5, 5.41) is 12.2. The van der Waals surface area contributed by atoms with Gasteiger partial charge >= 0.3 is 5.97 Å². The molecule has 19 heavy (non-hydrogen) atoms. The molecule has 0 unspecified atom stereocenters. The smallest absolute Gasteiger partial charge is 0.354 e. The Labute approximate surface area is 112 Å². The van der Waals surface area contributed by atoms with Crippen LogP contribution in [0.25, 0.3) is 0 Å². The monoisotopic (exact) mass is 256 g/mol. The van der Waals surface area contributed by atoms with Gasteiger partial charge in [0.15, 0.2) is 0 Å². The molecule has 4 heteroatoms. The van der Waals surface area contributed by atoms with Crippen LogP contribution in [0.15, 0.2) is 36.5 Å². The van der Waals surface area contributed by atoms with E-state index in [0.29, 0.717) is 0 Å². The van der Waals surface area contributed by atoms with Gasteiger partial charge in [0.05, 0.1) is 0 Å². The summed E-state index contributed by atoms with van der Waals surface area (Å²) in [5.41, 5.74) is 4.14. The number of nitrogens with one attached hydrogen (secondary N) is 1. The van der Waals surface area contributed by atoms with Gasteiger partial charge in [0.1, 0.15) is 5.69 Å². The standard InChI is InChI=1S/C15H16N2O2/c1-3-11-6-4-5-10(2)14(11)17-12-7-8-16-13(9-12)15(18)19/h4-9H,3H2,1-2H3,(H,16,17)(H,18,19). The summed E-state index contributed by atoms with van der Waals surface area (Å²) in [6.07, 6.45) is 2.41. The van der Waals surface area contributed by atoms with Crippen molar-refractivity contribution < 1.29 is 9.90 Å². The number of rotatable bonds is 4. The van der Waals surface area contributed by atoms with E-state index < -0.39 is 5.97 Å². The molecule has 0 atom stereocenters. The maximum atomic E-state index is 10.9. The first kappa shape index (κ1) is 13.1. The number of pyridine rings is 1. The molecule has 4 nitrogen and oxygen atoms in total. The first-order valence-corrected chi connectivity index (χ1v) is 6.16. The highest BCUT2D eigenvalue weighted by Crippen LogP contribution is 2.25. The molecule has 1 aromatic heterocycles. The first-order chi connectivity index (χ1) is 9.11. The summed E-state index contributed by atoms with van der Waals surface area (Å²) in [4.78, 5) is 14.7. The molecule has 1 aromatic carbocycles. The Balaban J connectivity index is 2.36. The summed E-state index contributed by atoms with van der Waals surface area (Å²) in [5.74, 6) is -1.02. The fourth-order valence-corrected chi connectivity index (χ4v) is 1.97. The van der Waals surface area contributed by atoms with E-state index >= 15 is 0 Å². The van der Waals surface area contributed by atoms with Crippen molar-refractivity contribution in [2.24, 2.45) is 0 Å². The van der Waals surface area contributed by atoms with Crippen LogP contribution >= 0.6 is 0 Å². The zero-order chi connectivity index (χ0) is 13.8. The lowest BCUT2D eigenvalue weighted by Crippen LogP contribution is -2.02. The van der Waals surface area contributed by atoms with Gasteiger partial charge in [0.25, 0.3) is 0 Å². The van der Waals surface area contributed by atoms with Gasteiger partial charge in [-0.1, -0.05) is 25.1 Å². The van der Waals surface area contributed by atoms with E-state index in [1.54, 1.807) is 6.07 Å². The van der Waals surface area contributed by atoms with Crippen molar-refractivity contribution in [3.05, 3.63) is 53.3 Å². The van der Waals surface area contributed by atoms with E-state index in [4.69, 9.17) is 5.11 Å². The summed E-state index contributed by atoms with van der Waals surface area (Å²) in [7, 11) is 0. The third kappa shape index (κ3) is 2.91. The Hall–Kier alpha value is -2.36. The summed E-state index contributed by atoms with van der Waals surface area (Å²) in [6.45, 7) is 4.12. The second-order valence-corrected chi connectivity index (χ2v) is 4.32. The lowest BCUT2D eigenvalue weighted by molar-refractivity contribution is 0.0690. The fourth-order valence-electron chi connectivity index (χ4n) is 1.97. The molecule has 2 rings (SSSR count). The Morgan fingerprint density at radius 3 is 2.84 bits per heavy atom. The van der Waals surface area contributed by atoms with E-state index in [1.165, 1.54) is 17.8 Å². The number of carboxylic acid groups (broad SMARTS) is 1. The van der Waals surface area contributed by atoms with Gasteiger partial charge in [-0.05, 0) is 36.6 Å². The van der Waals surface area contributed by atoms with E-state index in [1.807, 2.05) is 19.1 Å².